The molecule has 51 heavy (non-hydrogen) atoms. The summed E-state index contributed by atoms with van der Waals surface area (Å²) in [6.45, 7) is 6.17. The summed E-state index contributed by atoms with van der Waals surface area (Å²) in [6.07, 6.45) is 5.89. The quantitative estimate of drug-likeness (QED) is 0.161. The van der Waals surface area contributed by atoms with Crippen molar-refractivity contribution in [2.24, 2.45) is 0 Å². The largest absolute Gasteiger partial charge is 0.307 e. The maximum Gasteiger partial charge on any atom is 0.238 e. The molecule has 0 saturated carbocycles. The molecule has 5 heteroatoms. The molecule has 0 spiro atoms. The lowest BCUT2D eigenvalue weighted by Crippen LogP contribution is -2.08. The van der Waals surface area contributed by atoms with Gasteiger partial charge in [-0.15, -0.1) is 0 Å². The van der Waals surface area contributed by atoms with Gasteiger partial charge in [-0.25, -0.2) is 4.98 Å². The zero-order chi connectivity index (χ0) is 34.3. The van der Waals surface area contributed by atoms with Crippen LogP contribution < -0.4 is 0 Å². The fourth-order valence-corrected chi connectivity index (χ4v) is 7.18. The third kappa shape index (κ3) is 5.15. The SMILES string of the molecule is C=C/C=C\c1c(C)c2ccc3c4ccccc4n(-c4cccc(-c5ccccc5)c4)c3c2n1-c1nc(-c2ccccc2)nc(-c2ccccc2)n1. The van der Waals surface area contributed by atoms with Crippen LogP contribution in [-0.4, -0.2) is 24.1 Å². The lowest BCUT2D eigenvalue weighted by molar-refractivity contribution is 0.924. The van der Waals surface area contributed by atoms with Gasteiger partial charge < -0.3 is 4.57 Å². The van der Waals surface area contributed by atoms with Gasteiger partial charge in [-0.2, -0.15) is 9.97 Å². The molecule has 0 aliphatic rings. The summed E-state index contributed by atoms with van der Waals surface area (Å²) in [5.41, 5.74) is 10.6. The molecule has 9 rings (SSSR count). The molecule has 0 saturated heterocycles. The number of hydrogen-bond donors (Lipinski definition) is 0. The van der Waals surface area contributed by atoms with Crippen molar-refractivity contribution >= 4 is 38.8 Å². The minimum Gasteiger partial charge on any atom is -0.307 e. The molecule has 0 aliphatic carbocycles. The summed E-state index contributed by atoms with van der Waals surface area (Å²) >= 11 is 0. The van der Waals surface area contributed by atoms with E-state index in [0.29, 0.717) is 17.6 Å². The molecule has 0 N–H and O–H groups in total. The number of aromatic nitrogens is 5. The Morgan fingerprint density at radius 1 is 0.510 bits per heavy atom. The van der Waals surface area contributed by atoms with Gasteiger partial charge >= 0.3 is 0 Å². The van der Waals surface area contributed by atoms with Gasteiger partial charge in [0.25, 0.3) is 0 Å². The second kappa shape index (κ2) is 12.6. The lowest BCUT2D eigenvalue weighted by Gasteiger charge is -2.14. The summed E-state index contributed by atoms with van der Waals surface area (Å²) in [7, 11) is 0. The Labute approximate surface area is 296 Å². The molecule has 0 radical (unpaired) electrons. The maximum absolute atomic E-state index is 5.22. The Hall–Kier alpha value is -6.85. The van der Waals surface area contributed by atoms with E-state index in [1.54, 1.807) is 6.08 Å². The highest BCUT2D eigenvalue weighted by atomic mass is 15.2. The normalized spacial score (nSPS) is 11.6. The van der Waals surface area contributed by atoms with Crippen LogP contribution in [0.3, 0.4) is 0 Å². The molecule has 5 nitrogen and oxygen atoms in total. The highest BCUT2D eigenvalue weighted by Crippen LogP contribution is 2.41. The number of hydrogen-bond acceptors (Lipinski definition) is 3. The molecule has 0 aliphatic heterocycles. The Bertz CT molecular complexity index is 2700. The van der Waals surface area contributed by atoms with E-state index in [4.69, 9.17) is 15.0 Å². The molecular formula is C46H33N5. The second-order valence-corrected chi connectivity index (χ2v) is 12.6. The molecule has 0 fully saturated rings. The average Bonchev–Trinajstić information content (AvgIpc) is 3.69. The van der Waals surface area contributed by atoms with Crippen molar-refractivity contribution < 1.29 is 0 Å². The van der Waals surface area contributed by atoms with Crippen molar-refractivity contribution in [3.63, 3.8) is 0 Å². The number of benzene rings is 6. The van der Waals surface area contributed by atoms with Gasteiger partial charge in [0, 0.05) is 33.0 Å². The fourth-order valence-electron chi connectivity index (χ4n) is 7.18. The number of para-hydroxylation sites is 1. The molecule has 3 aromatic heterocycles. The van der Waals surface area contributed by atoms with Crippen LogP contribution in [0.1, 0.15) is 11.3 Å². The van der Waals surface area contributed by atoms with E-state index in [9.17, 15) is 0 Å². The van der Waals surface area contributed by atoms with Crippen LogP contribution in [0.25, 0.3) is 84.3 Å². The minimum absolute atomic E-state index is 0.548. The number of aryl methyl sites for hydroxylation is 1. The van der Waals surface area contributed by atoms with Crippen LogP contribution in [0.5, 0.6) is 0 Å². The third-order valence-corrected chi connectivity index (χ3v) is 9.55. The number of fused-ring (bicyclic) bond motifs is 5. The Kier molecular flexibility index (Phi) is 7.44. The third-order valence-electron chi connectivity index (χ3n) is 9.55. The molecule has 9 aromatic rings. The van der Waals surface area contributed by atoms with Crippen molar-refractivity contribution in [2.75, 3.05) is 0 Å². The monoisotopic (exact) mass is 655 g/mol. The molecule has 0 atom stereocenters. The van der Waals surface area contributed by atoms with Gasteiger partial charge in [-0.1, -0.05) is 152 Å². The summed E-state index contributed by atoms with van der Waals surface area (Å²) in [5, 5.41) is 3.46. The predicted octanol–water partition coefficient (Wildman–Crippen LogP) is 11.4. The fraction of sp³-hybridized carbons (Fsp3) is 0.0217. The van der Waals surface area contributed by atoms with Crippen LogP contribution in [0.4, 0.5) is 0 Å². The number of nitrogens with zero attached hydrogens (tertiary/aromatic N) is 5. The number of allylic oxidation sites excluding steroid dienone is 2. The summed E-state index contributed by atoms with van der Waals surface area (Å²) < 4.78 is 4.61. The highest BCUT2D eigenvalue weighted by molar-refractivity contribution is 6.19. The summed E-state index contributed by atoms with van der Waals surface area (Å²) in [4.78, 5) is 15.4. The van der Waals surface area contributed by atoms with Gasteiger partial charge in [0.15, 0.2) is 11.6 Å². The number of rotatable bonds is 7. The molecule has 0 bridgehead atoms. The van der Waals surface area contributed by atoms with Crippen LogP contribution in [-0.2, 0) is 0 Å². The van der Waals surface area contributed by atoms with Gasteiger partial charge in [0.1, 0.15) is 0 Å². The van der Waals surface area contributed by atoms with Gasteiger partial charge in [-0.3, -0.25) is 4.57 Å². The molecule has 3 heterocycles. The molecule has 6 aromatic carbocycles. The lowest BCUT2D eigenvalue weighted by atomic mass is 10.1. The van der Waals surface area contributed by atoms with Crippen LogP contribution in [0, 0.1) is 6.92 Å². The first-order valence-corrected chi connectivity index (χ1v) is 17.1. The summed E-state index contributed by atoms with van der Waals surface area (Å²) in [6, 6.07) is 52.7. The molecule has 0 amide bonds. The van der Waals surface area contributed by atoms with E-state index in [1.807, 2.05) is 66.7 Å². The van der Waals surface area contributed by atoms with Gasteiger partial charge in [0.05, 0.1) is 22.2 Å². The molecule has 0 unspecified atom stereocenters. The van der Waals surface area contributed by atoms with E-state index < -0.39 is 0 Å². The van der Waals surface area contributed by atoms with Gasteiger partial charge in [-0.05, 0) is 47.9 Å². The topological polar surface area (TPSA) is 48.5 Å². The second-order valence-electron chi connectivity index (χ2n) is 12.6. The van der Waals surface area contributed by atoms with E-state index in [0.717, 1.165) is 61.0 Å². The van der Waals surface area contributed by atoms with Crippen LogP contribution in [0.15, 0.2) is 170 Å². The molecular weight excluding hydrogens is 623 g/mol. The van der Waals surface area contributed by atoms with Crippen molar-refractivity contribution in [1.82, 2.24) is 24.1 Å². The van der Waals surface area contributed by atoms with Crippen molar-refractivity contribution in [3.8, 4) is 45.5 Å². The van der Waals surface area contributed by atoms with Crippen molar-refractivity contribution in [3.05, 3.63) is 182 Å². The van der Waals surface area contributed by atoms with Crippen molar-refractivity contribution in [2.45, 2.75) is 6.92 Å². The summed E-state index contributed by atoms with van der Waals surface area (Å²) in [5.74, 6) is 1.77. The van der Waals surface area contributed by atoms with E-state index in [2.05, 4.69) is 120 Å². The smallest absolute Gasteiger partial charge is 0.238 e. The van der Waals surface area contributed by atoms with E-state index >= 15 is 0 Å². The first-order chi connectivity index (χ1) is 25.2. The average molecular weight is 656 g/mol. The zero-order valence-electron chi connectivity index (χ0n) is 28.1. The Morgan fingerprint density at radius 2 is 1.08 bits per heavy atom. The minimum atomic E-state index is 0.548. The molecule has 242 valence electrons. The van der Waals surface area contributed by atoms with E-state index in [-0.39, 0.29) is 0 Å². The van der Waals surface area contributed by atoms with Gasteiger partial charge in [0.2, 0.25) is 5.95 Å². The Balaban J connectivity index is 1.43. The van der Waals surface area contributed by atoms with Crippen molar-refractivity contribution in [1.29, 1.82) is 0 Å². The first kappa shape index (κ1) is 30.2. The van der Waals surface area contributed by atoms with Crippen LogP contribution in [0.2, 0.25) is 0 Å². The standard InChI is InChI=1S/C46H33N5/c1-3-4-26-40-31(2)37-28-29-39-38-25-14-15-27-41(38)50(36-24-16-23-35(30-36)32-17-8-5-9-18-32)43(39)42(37)51(40)46-48-44(33-19-10-6-11-20-33)47-45(49-46)34-21-12-7-13-22-34/h3-30H,1H2,2H3/b26-4-. The zero-order valence-corrected chi connectivity index (χ0v) is 28.1. The predicted molar refractivity (Wildman–Crippen MR) is 211 cm³/mol. The van der Waals surface area contributed by atoms with Crippen LogP contribution >= 0.6 is 0 Å². The maximum atomic E-state index is 5.22. The Morgan fingerprint density at radius 3 is 1.75 bits per heavy atom. The first-order valence-electron chi connectivity index (χ1n) is 17.1. The highest BCUT2D eigenvalue weighted by Gasteiger charge is 2.24. The van der Waals surface area contributed by atoms with E-state index in [1.165, 1.54) is 10.9 Å².